The molecular weight excluding hydrogens is 280 g/mol. The molecule has 2 bridgehead atoms. The van der Waals surface area contributed by atoms with Crippen molar-refractivity contribution in [1.82, 2.24) is 9.97 Å². The van der Waals surface area contributed by atoms with Crippen LogP contribution in [0.1, 0.15) is 41.9 Å². The highest BCUT2D eigenvalue weighted by Crippen LogP contribution is 2.31. The number of hydrogen-bond donors (Lipinski definition) is 3. The second-order valence-electron chi connectivity index (χ2n) is 5.26. The van der Waals surface area contributed by atoms with Gasteiger partial charge in [0.05, 0.1) is 16.9 Å². The van der Waals surface area contributed by atoms with E-state index in [9.17, 15) is 9.59 Å². The highest BCUT2D eigenvalue weighted by atomic mass is 16.2. The highest BCUT2D eigenvalue weighted by molar-refractivity contribution is 6.05. The van der Waals surface area contributed by atoms with Crippen molar-refractivity contribution in [1.29, 1.82) is 0 Å². The van der Waals surface area contributed by atoms with E-state index in [4.69, 9.17) is 5.73 Å². The highest BCUT2D eigenvalue weighted by Gasteiger charge is 2.19. The third kappa shape index (κ3) is 2.86. The van der Waals surface area contributed by atoms with Crippen LogP contribution in [0, 0.1) is 6.42 Å². The number of nitrogens with zero attached hydrogens (tertiary/aromatic N) is 1. The van der Waals surface area contributed by atoms with Gasteiger partial charge in [-0.05, 0) is 25.0 Å². The van der Waals surface area contributed by atoms with E-state index in [1.54, 1.807) is 24.4 Å². The number of rotatable bonds is 1. The average Bonchev–Trinajstić information content (AvgIpc) is 2.94. The molecule has 22 heavy (non-hydrogen) atoms. The lowest BCUT2D eigenvalue weighted by Crippen LogP contribution is -2.16. The normalized spacial score (nSPS) is 15.2. The Morgan fingerprint density at radius 1 is 1.27 bits per heavy atom. The minimum Gasteiger partial charge on any atom is -0.366 e. The van der Waals surface area contributed by atoms with Gasteiger partial charge in [0.25, 0.3) is 0 Å². The van der Waals surface area contributed by atoms with Gasteiger partial charge < -0.3 is 16.0 Å². The van der Waals surface area contributed by atoms with E-state index < -0.39 is 5.91 Å². The van der Waals surface area contributed by atoms with Crippen molar-refractivity contribution in [2.24, 2.45) is 5.73 Å². The first-order chi connectivity index (χ1) is 10.6. The van der Waals surface area contributed by atoms with Gasteiger partial charge >= 0.3 is 0 Å². The molecule has 1 radical (unpaired) electrons. The smallest absolute Gasteiger partial charge is 0.249 e. The number of H-pyrrole nitrogens is 1. The summed E-state index contributed by atoms with van der Waals surface area (Å²) in [6, 6.07) is 5.09. The fourth-order valence-corrected chi connectivity index (χ4v) is 2.59. The van der Waals surface area contributed by atoms with Gasteiger partial charge in [0.15, 0.2) is 0 Å². The van der Waals surface area contributed by atoms with E-state index in [0.717, 1.165) is 25.1 Å². The van der Waals surface area contributed by atoms with Crippen LogP contribution in [0.15, 0.2) is 24.4 Å². The number of carbonyl (C=O) groups excluding carboxylic acids is 2. The van der Waals surface area contributed by atoms with Crippen molar-refractivity contribution < 1.29 is 9.59 Å². The Kier molecular flexibility index (Phi) is 3.91. The summed E-state index contributed by atoms with van der Waals surface area (Å²) in [6.45, 7) is 0. The minimum atomic E-state index is -0.549. The molecule has 1 aliphatic rings. The maximum Gasteiger partial charge on any atom is 0.249 e. The number of nitrogens with one attached hydrogen (secondary N) is 2. The minimum absolute atomic E-state index is 0.0702. The number of aromatic amines is 1. The van der Waals surface area contributed by atoms with E-state index in [1.165, 1.54) is 0 Å². The lowest BCUT2D eigenvalue weighted by atomic mass is 10.0. The zero-order chi connectivity index (χ0) is 15.5. The molecule has 113 valence electrons. The Morgan fingerprint density at radius 2 is 2.14 bits per heavy atom. The molecule has 6 nitrogen and oxygen atoms in total. The molecule has 0 aliphatic carbocycles. The molecule has 0 saturated carbocycles. The molecule has 3 rings (SSSR count). The van der Waals surface area contributed by atoms with E-state index >= 15 is 0 Å². The molecule has 0 saturated heterocycles. The first-order valence-electron chi connectivity index (χ1n) is 7.27. The monoisotopic (exact) mass is 297 g/mol. The number of benzene rings is 1. The molecule has 2 heterocycles. The molecule has 1 aromatic heterocycles. The molecule has 6 heteroatoms. The van der Waals surface area contributed by atoms with Crippen LogP contribution < -0.4 is 11.1 Å². The molecule has 0 spiro atoms. The van der Waals surface area contributed by atoms with Crippen molar-refractivity contribution >= 4 is 17.5 Å². The summed E-state index contributed by atoms with van der Waals surface area (Å²) < 4.78 is 0. The third-order valence-corrected chi connectivity index (χ3v) is 3.65. The van der Waals surface area contributed by atoms with E-state index in [2.05, 4.69) is 15.3 Å². The lowest BCUT2D eigenvalue weighted by molar-refractivity contribution is -0.116. The molecule has 0 atom stereocenters. The number of aromatic nitrogens is 2. The summed E-state index contributed by atoms with van der Waals surface area (Å²) in [5.74, 6) is 0.137. The van der Waals surface area contributed by atoms with E-state index in [0.29, 0.717) is 28.9 Å². The molecule has 1 aliphatic heterocycles. The number of fused-ring (bicyclic) bond motifs is 4. The topological polar surface area (TPSA) is 101 Å². The number of amides is 2. The maximum absolute atomic E-state index is 12.0. The number of nitrogens with two attached hydrogens (primary N) is 1. The molecular formula is C16H17N4O2. The fraction of sp³-hybridized carbons (Fsp3) is 0.250. The lowest BCUT2D eigenvalue weighted by Gasteiger charge is -2.13. The van der Waals surface area contributed by atoms with Crippen LogP contribution in [0.2, 0.25) is 0 Å². The number of imidazole rings is 1. The molecule has 2 aromatic rings. The molecule has 0 fully saturated rings. The fourth-order valence-electron chi connectivity index (χ4n) is 2.59. The second kappa shape index (κ2) is 6.01. The summed E-state index contributed by atoms with van der Waals surface area (Å²) in [4.78, 5) is 31.3. The predicted molar refractivity (Wildman–Crippen MR) is 83.0 cm³/mol. The second-order valence-corrected chi connectivity index (χ2v) is 5.26. The van der Waals surface area contributed by atoms with Crippen LogP contribution in [0.4, 0.5) is 5.69 Å². The summed E-state index contributed by atoms with van der Waals surface area (Å²) in [5.41, 5.74) is 7.51. The van der Waals surface area contributed by atoms with Crippen LogP contribution in [-0.4, -0.2) is 21.8 Å². The van der Waals surface area contributed by atoms with E-state index in [-0.39, 0.29) is 5.91 Å². The SMILES string of the molecule is NC(=O)c1cccc2c1-c1c[nH]c(n1)[CH]CCCCC(=O)N2. The third-order valence-electron chi connectivity index (χ3n) is 3.65. The summed E-state index contributed by atoms with van der Waals surface area (Å²) >= 11 is 0. The van der Waals surface area contributed by atoms with Crippen LogP contribution in [0.3, 0.4) is 0 Å². The molecule has 1 aromatic carbocycles. The van der Waals surface area contributed by atoms with Crippen molar-refractivity contribution in [3.63, 3.8) is 0 Å². The van der Waals surface area contributed by atoms with E-state index in [1.807, 2.05) is 6.42 Å². The van der Waals surface area contributed by atoms with Crippen molar-refractivity contribution in [3.05, 3.63) is 42.2 Å². The number of anilines is 1. The van der Waals surface area contributed by atoms with Gasteiger partial charge in [-0.1, -0.05) is 12.5 Å². The van der Waals surface area contributed by atoms with Crippen LogP contribution in [0.5, 0.6) is 0 Å². The van der Waals surface area contributed by atoms with Crippen LogP contribution >= 0.6 is 0 Å². The average molecular weight is 297 g/mol. The van der Waals surface area contributed by atoms with Crippen LogP contribution in [0.25, 0.3) is 11.3 Å². The summed E-state index contributed by atoms with van der Waals surface area (Å²) in [5, 5.41) is 2.86. The number of hydrogen-bond acceptors (Lipinski definition) is 3. The van der Waals surface area contributed by atoms with Crippen LogP contribution in [-0.2, 0) is 4.79 Å². The number of primary amides is 1. The van der Waals surface area contributed by atoms with Crippen molar-refractivity contribution in [3.8, 4) is 11.3 Å². The predicted octanol–water partition coefficient (Wildman–Crippen LogP) is 2.24. The Morgan fingerprint density at radius 3 is 2.95 bits per heavy atom. The Bertz CT molecular complexity index is 721. The van der Waals surface area contributed by atoms with Gasteiger partial charge in [0.1, 0.15) is 5.82 Å². The maximum atomic E-state index is 12.0. The molecule has 2 amide bonds. The molecule has 0 unspecified atom stereocenters. The van der Waals surface area contributed by atoms with Gasteiger partial charge in [-0.15, -0.1) is 0 Å². The van der Waals surface area contributed by atoms with Gasteiger partial charge in [-0.25, -0.2) is 4.98 Å². The molecule has 4 N–H and O–H groups in total. The zero-order valence-electron chi connectivity index (χ0n) is 12.1. The Balaban J connectivity index is 2.14. The quantitative estimate of drug-likeness (QED) is 0.752. The number of carbonyl (C=O) groups is 2. The van der Waals surface area contributed by atoms with Gasteiger partial charge in [-0.2, -0.15) is 0 Å². The van der Waals surface area contributed by atoms with Crippen molar-refractivity contribution in [2.75, 3.05) is 5.32 Å². The van der Waals surface area contributed by atoms with Gasteiger partial charge in [0.2, 0.25) is 11.8 Å². The summed E-state index contributed by atoms with van der Waals surface area (Å²) in [6.07, 6.45) is 6.76. The first-order valence-corrected chi connectivity index (χ1v) is 7.27. The first kappa shape index (κ1) is 14.3. The Labute approximate surface area is 128 Å². The Hall–Kier alpha value is -2.63. The largest absolute Gasteiger partial charge is 0.366 e. The zero-order valence-corrected chi connectivity index (χ0v) is 12.1. The van der Waals surface area contributed by atoms with Gasteiger partial charge in [0, 0.05) is 24.6 Å². The standard InChI is InChI=1S/C16H17N4O2/c17-16(22)10-5-4-6-11-15(10)12-9-18-13(19-12)7-2-1-3-8-14(21)20-11/h4-7,9H,1-3,8H2,(H2,17,22)(H,18,19)(H,20,21). The summed E-state index contributed by atoms with van der Waals surface area (Å²) in [7, 11) is 0. The van der Waals surface area contributed by atoms with Crippen molar-refractivity contribution in [2.45, 2.75) is 25.7 Å². The van der Waals surface area contributed by atoms with Gasteiger partial charge in [-0.3, -0.25) is 9.59 Å².